The van der Waals surface area contributed by atoms with Gasteiger partial charge >= 0.3 is 0 Å². The van der Waals surface area contributed by atoms with Crippen LogP contribution in [0.15, 0.2) is 17.5 Å². The van der Waals surface area contributed by atoms with Crippen LogP contribution in [0.2, 0.25) is 0 Å². The van der Waals surface area contributed by atoms with Crippen molar-refractivity contribution in [1.82, 2.24) is 4.90 Å². The molecule has 2 unspecified atom stereocenters. The van der Waals surface area contributed by atoms with Crippen molar-refractivity contribution in [2.45, 2.75) is 56.8 Å². The van der Waals surface area contributed by atoms with Crippen LogP contribution in [0.25, 0.3) is 0 Å². The number of thiophene rings is 1. The first-order chi connectivity index (χ1) is 7.83. The monoisotopic (exact) mass is 236 g/mol. The lowest BCUT2D eigenvalue weighted by Gasteiger charge is -2.48. The Labute approximate surface area is 101 Å². The van der Waals surface area contributed by atoms with Gasteiger partial charge in [-0.25, -0.2) is 0 Å². The van der Waals surface area contributed by atoms with Crippen molar-refractivity contribution >= 4 is 11.3 Å². The lowest BCUT2D eigenvalue weighted by atomic mass is 9.82. The summed E-state index contributed by atoms with van der Waals surface area (Å²) in [6.45, 7) is 1.15. The molecule has 2 bridgehead atoms. The summed E-state index contributed by atoms with van der Waals surface area (Å²) >= 11 is 1.88. The van der Waals surface area contributed by atoms with Crippen LogP contribution < -0.4 is 5.73 Å². The minimum atomic E-state index is 0.454. The summed E-state index contributed by atoms with van der Waals surface area (Å²) < 4.78 is 0. The molecule has 2 N–H and O–H groups in total. The highest BCUT2D eigenvalue weighted by atomic mass is 32.1. The fourth-order valence-corrected chi connectivity index (χ4v) is 4.07. The number of hydrogen-bond acceptors (Lipinski definition) is 3. The second kappa shape index (κ2) is 4.47. The second-order valence-corrected chi connectivity index (χ2v) is 6.25. The molecule has 0 aliphatic carbocycles. The largest absolute Gasteiger partial charge is 0.328 e. The van der Waals surface area contributed by atoms with Crippen LogP contribution in [0.4, 0.5) is 0 Å². The van der Waals surface area contributed by atoms with Gasteiger partial charge in [-0.05, 0) is 37.1 Å². The van der Waals surface area contributed by atoms with Gasteiger partial charge in [-0.15, -0.1) is 11.3 Å². The van der Waals surface area contributed by atoms with E-state index in [2.05, 4.69) is 22.4 Å². The van der Waals surface area contributed by atoms with Gasteiger partial charge in [0.25, 0.3) is 0 Å². The Balaban J connectivity index is 1.74. The Morgan fingerprint density at radius 3 is 2.69 bits per heavy atom. The maximum absolute atomic E-state index is 6.14. The zero-order chi connectivity index (χ0) is 11.0. The molecule has 2 aliphatic rings. The number of nitrogens with zero attached hydrogens (tertiary/aromatic N) is 1. The number of piperidine rings is 2. The van der Waals surface area contributed by atoms with Crippen LogP contribution in [0, 0.1) is 0 Å². The van der Waals surface area contributed by atoms with Gasteiger partial charge in [0.05, 0.1) is 0 Å². The molecule has 2 saturated heterocycles. The summed E-state index contributed by atoms with van der Waals surface area (Å²) in [4.78, 5) is 4.23. The Bertz CT molecular complexity index is 322. The molecule has 0 amide bonds. The third-order valence-electron chi connectivity index (χ3n) is 4.08. The summed E-state index contributed by atoms with van der Waals surface area (Å²) in [6.07, 6.45) is 6.54. The van der Waals surface area contributed by atoms with Crippen molar-refractivity contribution in [1.29, 1.82) is 0 Å². The normalized spacial score (nSPS) is 35.2. The zero-order valence-corrected chi connectivity index (χ0v) is 10.5. The highest BCUT2D eigenvalue weighted by molar-refractivity contribution is 7.09. The standard InChI is InChI=1S/C13H20N2S/c14-10-7-11-3-1-4-12(8-10)15(11)9-13-5-2-6-16-13/h2,5-6,10-12H,1,3-4,7-9,14H2. The summed E-state index contributed by atoms with van der Waals surface area (Å²) in [5.41, 5.74) is 6.14. The molecule has 3 rings (SSSR count). The van der Waals surface area contributed by atoms with E-state index < -0.39 is 0 Å². The number of hydrogen-bond donors (Lipinski definition) is 1. The summed E-state index contributed by atoms with van der Waals surface area (Å²) in [5.74, 6) is 0. The Hall–Kier alpha value is -0.380. The Morgan fingerprint density at radius 1 is 1.31 bits per heavy atom. The molecule has 1 aromatic rings. The molecule has 0 saturated carbocycles. The predicted octanol–water partition coefficient (Wildman–Crippen LogP) is 2.59. The molecule has 0 spiro atoms. The Morgan fingerprint density at radius 2 is 2.06 bits per heavy atom. The molecular formula is C13H20N2S. The lowest BCUT2D eigenvalue weighted by molar-refractivity contribution is 0.0253. The molecular weight excluding hydrogens is 216 g/mol. The van der Waals surface area contributed by atoms with E-state index in [1.54, 1.807) is 0 Å². The van der Waals surface area contributed by atoms with Crippen molar-refractivity contribution in [3.8, 4) is 0 Å². The Kier molecular flexibility index (Phi) is 3.01. The number of fused-ring (bicyclic) bond motifs is 2. The molecule has 0 aromatic carbocycles. The summed E-state index contributed by atoms with van der Waals surface area (Å²) in [6, 6.07) is 6.38. The van der Waals surface area contributed by atoms with Gasteiger partial charge in [0.15, 0.2) is 0 Å². The van der Waals surface area contributed by atoms with E-state index in [0.717, 1.165) is 18.6 Å². The highest BCUT2D eigenvalue weighted by Crippen LogP contribution is 2.34. The van der Waals surface area contributed by atoms with Crippen LogP contribution in [0.3, 0.4) is 0 Å². The third-order valence-corrected chi connectivity index (χ3v) is 4.94. The van der Waals surface area contributed by atoms with E-state index in [-0.39, 0.29) is 0 Å². The van der Waals surface area contributed by atoms with Crippen molar-refractivity contribution in [2.75, 3.05) is 0 Å². The van der Waals surface area contributed by atoms with E-state index >= 15 is 0 Å². The summed E-state index contributed by atoms with van der Waals surface area (Å²) in [5, 5.41) is 2.18. The zero-order valence-electron chi connectivity index (χ0n) is 9.64. The van der Waals surface area contributed by atoms with Crippen molar-refractivity contribution in [3.63, 3.8) is 0 Å². The van der Waals surface area contributed by atoms with E-state index in [1.165, 1.54) is 37.0 Å². The minimum Gasteiger partial charge on any atom is -0.328 e. The fourth-order valence-electron chi connectivity index (χ4n) is 3.36. The number of rotatable bonds is 2. The highest BCUT2D eigenvalue weighted by Gasteiger charge is 2.36. The van der Waals surface area contributed by atoms with Crippen LogP contribution in [-0.4, -0.2) is 23.0 Å². The van der Waals surface area contributed by atoms with Crippen LogP contribution >= 0.6 is 11.3 Å². The van der Waals surface area contributed by atoms with Crippen molar-refractivity contribution in [2.24, 2.45) is 5.73 Å². The first-order valence-electron chi connectivity index (χ1n) is 6.36. The molecule has 3 heterocycles. The lowest BCUT2D eigenvalue weighted by Crippen LogP contribution is -2.54. The molecule has 0 radical (unpaired) electrons. The SMILES string of the molecule is NC1CC2CCCC(C1)N2Cc1cccs1. The molecule has 2 atom stereocenters. The first-order valence-corrected chi connectivity index (χ1v) is 7.24. The average molecular weight is 236 g/mol. The van der Waals surface area contributed by atoms with E-state index in [4.69, 9.17) is 5.73 Å². The van der Waals surface area contributed by atoms with Gasteiger partial charge in [0.2, 0.25) is 0 Å². The van der Waals surface area contributed by atoms with Crippen molar-refractivity contribution < 1.29 is 0 Å². The van der Waals surface area contributed by atoms with Gasteiger partial charge in [-0.3, -0.25) is 4.90 Å². The fraction of sp³-hybridized carbons (Fsp3) is 0.692. The third kappa shape index (κ3) is 2.04. The van der Waals surface area contributed by atoms with Gasteiger partial charge in [-0.2, -0.15) is 0 Å². The molecule has 2 nitrogen and oxygen atoms in total. The minimum absolute atomic E-state index is 0.454. The molecule has 16 heavy (non-hydrogen) atoms. The van der Waals surface area contributed by atoms with E-state index in [9.17, 15) is 0 Å². The maximum atomic E-state index is 6.14. The topological polar surface area (TPSA) is 29.3 Å². The van der Waals surface area contributed by atoms with Gasteiger partial charge in [0, 0.05) is 29.5 Å². The molecule has 2 aliphatic heterocycles. The van der Waals surface area contributed by atoms with Crippen LogP contribution in [-0.2, 0) is 6.54 Å². The molecule has 1 aromatic heterocycles. The number of nitrogens with two attached hydrogens (primary N) is 1. The quantitative estimate of drug-likeness (QED) is 0.855. The van der Waals surface area contributed by atoms with Gasteiger partial charge in [-0.1, -0.05) is 12.5 Å². The van der Waals surface area contributed by atoms with Gasteiger partial charge < -0.3 is 5.73 Å². The van der Waals surface area contributed by atoms with Crippen LogP contribution in [0.1, 0.15) is 37.0 Å². The van der Waals surface area contributed by atoms with Crippen LogP contribution in [0.5, 0.6) is 0 Å². The van der Waals surface area contributed by atoms with Crippen molar-refractivity contribution in [3.05, 3.63) is 22.4 Å². The van der Waals surface area contributed by atoms with E-state index in [0.29, 0.717) is 6.04 Å². The maximum Gasteiger partial charge on any atom is 0.0333 e. The smallest absolute Gasteiger partial charge is 0.0333 e. The average Bonchev–Trinajstić information content (AvgIpc) is 2.72. The second-order valence-electron chi connectivity index (χ2n) is 5.22. The van der Waals surface area contributed by atoms with E-state index in [1.807, 2.05) is 11.3 Å². The first kappa shape index (κ1) is 10.8. The van der Waals surface area contributed by atoms with Gasteiger partial charge in [0.1, 0.15) is 0 Å². The molecule has 88 valence electrons. The molecule has 2 fully saturated rings. The summed E-state index contributed by atoms with van der Waals surface area (Å²) in [7, 11) is 0. The molecule has 3 heteroatoms. The predicted molar refractivity (Wildman–Crippen MR) is 68.5 cm³/mol.